The van der Waals surface area contributed by atoms with Gasteiger partial charge in [0, 0.05) is 12.1 Å². The van der Waals surface area contributed by atoms with Crippen molar-refractivity contribution in [1.82, 2.24) is 10.2 Å². The highest BCUT2D eigenvalue weighted by Crippen LogP contribution is 2.13. The van der Waals surface area contributed by atoms with Gasteiger partial charge in [-0.25, -0.2) is 0 Å². The average molecular weight is 242 g/mol. The van der Waals surface area contributed by atoms with E-state index >= 15 is 0 Å². The summed E-state index contributed by atoms with van der Waals surface area (Å²) in [6.07, 6.45) is 1.59. The van der Waals surface area contributed by atoms with Crippen LogP contribution in [0, 0.1) is 5.92 Å². The first kappa shape index (κ1) is 14.5. The molecule has 0 saturated carbocycles. The van der Waals surface area contributed by atoms with Gasteiger partial charge in [0.25, 0.3) is 0 Å². The van der Waals surface area contributed by atoms with E-state index in [4.69, 9.17) is 0 Å². The summed E-state index contributed by atoms with van der Waals surface area (Å²) in [5, 5.41) is 12.6. The van der Waals surface area contributed by atoms with E-state index in [0.717, 1.165) is 19.6 Å². The Morgan fingerprint density at radius 1 is 1.35 bits per heavy atom. The van der Waals surface area contributed by atoms with Crippen LogP contribution >= 0.6 is 0 Å². The fourth-order valence-corrected chi connectivity index (χ4v) is 2.25. The second kappa shape index (κ2) is 5.83. The number of carbonyl (C=O) groups is 1. The molecule has 1 atom stereocenters. The first-order chi connectivity index (χ1) is 7.82. The van der Waals surface area contributed by atoms with Crippen LogP contribution in [0.15, 0.2) is 0 Å². The summed E-state index contributed by atoms with van der Waals surface area (Å²) in [5.41, 5.74) is -0.280. The van der Waals surface area contributed by atoms with E-state index in [2.05, 4.69) is 10.2 Å². The molecule has 0 unspecified atom stereocenters. The standard InChI is InChI=1S/C13H26N2O2/c1-10(2)11(16)12(17)14-13(3,4)9-15-7-5-6-8-15/h10-11,16H,5-9H2,1-4H3,(H,14,17)/t11-/m1/s1. The van der Waals surface area contributed by atoms with Crippen LogP contribution in [0.2, 0.25) is 0 Å². The van der Waals surface area contributed by atoms with Crippen molar-refractivity contribution in [3.8, 4) is 0 Å². The number of amides is 1. The lowest BCUT2D eigenvalue weighted by molar-refractivity contribution is -0.133. The number of hydrogen-bond donors (Lipinski definition) is 2. The molecular weight excluding hydrogens is 216 g/mol. The second-order valence-corrected chi connectivity index (χ2v) is 6.05. The van der Waals surface area contributed by atoms with Crippen LogP contribution in [-0.4, -0.2) is 47.2 Å². The minimum Gasteiger partial charge on any atom is -0.383 e. The molecule has 2 N–H and O–H groups in total. The van der Waals surface area contributed by atoms with Gasteiger partial charge in [0.2, 0.25) is 5.91 Å². The summed E-state index contributed by atoms with van der Waals surface area (Å²) < 4.78 is 0. The maximum Gasteiger partial charge on any atom is 0.249 e. The van der Waals surface area contributed by atoms with Crippen LogP contribution in [0.4, 0.5) is 0 Å². The Labute approximate surface area is 104 Å². The first-order valence-corrected chi connectivity index (χ1v) is 6.54. The number of nitrogens with zero attached hydrogens (tertiary/aromatic N) is 1. The summed E-state index contributed by atoms with van der Waals surface area (Å²) >= 11 is 0. The number of carbonyl (C=O) groups excluding carboxylic acids is 1. The smallest absolute Gasteiger partial charge is 0.249 e. The topological polar surface area (TPSA) is 52.6 Å². The zero-order chi connectivity index (χ0) is 13.1. The van der Waals surface area contributed by atoms with Gasteiger partial charge in [-0.05, 0) is 45.7 Å². The highest BCUT2D eigenvalue weighted by molar-refractivity contribution is 5.81. The van der Waals surface area contributed by atoms with E-state index in [-0.39, 0.29) is 17.4 Å². The van der Waals surface area contributed by atoms with Crippen molar-refractivity contribution in [2.24, 2.45) is 5.92 Å². The molecule has 0 aromatic rings. The van der Waals surface area contributed by atoms with Gasteiger partial charge in [0.15, 0.2) is 0 Å². The van der Waals surface area contributed by atoms with E-state index in [1.807, 2.05) is 27.7 Å². The minimum absolute atomic E-state index is 0.0439. The van der Waals surface area contributed by atoms with Crippen LogP contribution in [-0.2, 0) is 4.79 Å². The quantitative estimate of drug-likeness (QED) is 0.756. The van der Waals surface area contributed by atoms with Crippen molar-refractivity contribution in [2.45, 2.75) is 52.2 Å². The number of likely N-dealkylation sites (tertiary alicyclic amines) is 1. The number of nitrogens with one attached hydrogen (secondary N) is 1. The van der Waals surface area contributed by atoms with Crippen LogP contribution in [0.5, 0.6) is 0 Å². The monoisotopic (exact) mass is 242 g/mol. The maximum absolute atomic E-state index is 11.8. The van der Waals surface area contributed by atoms with Crippen molar-refractivity contribution in [2.75, 3.05) is 19.6 Å². The molecule has 1 fully saturated rings. The third-order valence-corrected chi connectivity index (χ3v) is 3.18. The van der Waals surface area contributed by atoms with Gasteiger partial charge in [0.1, 0.15) is 6.10 Å². The fraction of sp³-hybridized carbons (Fsp3) is 0.923. The van der Waals surface area contributed by atoms with E-state index in [0.29, 0.717) is 0 Å². The Hall–Kier alpha value is -0.610. The van der Waals surface area contributed by atoms with E-state index < -0.39 is 6.10 Å². The normalized spacial score (nSPS) is 19.6. The highest BCUT2D eigenvalue weighted by Gasteiger charge is 2.28. The van der Waals surface area contributed by atoms with Gasteiger partial charge >= 0.3 is 0 Å². The summed E-state index contributed by atoms with van der Waals surface area (Å²) in [4.78, 5) is 14.2. The summed E-state index contributed by atoms with van der Waals surface area (Å²) in [6, 6.07) is 0. The molecule has 0 aromatic carbocycles. The van der Waals surface area contributed by atoms with Crippen LogP contribution in [0.25, 0.3) is 0 Å². The molecule has 100 valence electrons. The highest BCUT2D eigenvalue weighted by atomic mass is 16.3. The Morgan fingerprint density at radius 3 is 2.35 bits per heavy atom. The number of rotatable bonds is 5. The van der Waals surface area contributed by atoms with Gasteiger partial charge in [0.05, 0.1) is 0 Å². The van der Waals surface area contributed by atoms with Crippen molar-refractivity contribution >= 4 is 5.91 Å². The van der Waals surface area contributed by atoms with Crippen LogP contribution < -0.4 is 5.32 Å². The molecule has 1 amide bonds. The molecule has 1 heterocycles. The Balaban J connectivity index is 2.44. The van der Waals surface area contributed by atoms with Crippen LogP contribution in [0.3, 0.4) is 0 Å². The van der Waals surface area contributed by atoms with Gasteiger partial charge in [-0.1, -0.05) is 13.8 Å². The number of aliphatic hydroxyl groups excluding tert-OH is 1. The molecule has 4 nitrogen and oxygen atoms in total. The van der Waals surface area contributed by atoms with Gasteiger partial charge in [-0.15, -0.1) is 0 Å². The fourth-order valence-electron chi connectivity index (χ4n) is 2.25. The largest absolute Gasteiger partial charge is 0.383 e. The molecule has 17 heavy (non-hydrogen) atoms. The molecule has 4 heteroatoms. The van der Waals surface area contributed by atoms with Crippen LogP contribution in [0.1, 0.15) is 40.5 Å². The molecule has 1 aliphatic heterocycles. The van der Waals surface area contributed by atoms with Gasteiger partial charge < -0.3 is 15.3 Å². The van der Waals surface area contributed by atoms with E-state index in [1.54, 1.807) is 0 Å². The number of hydrogen-bond acceptors (Lipinski definition) is 3. The minimum atomic E-state index is -0.909. The third-order valence-electron chi connectivity index (χ3n) is 3.18. The average Bonchev–Trinajstić information content (AvgIpc) is 2.67. The molecule has 0 bridgehead atoms. The Kier molecular flexibility index (Phi) is 4.95. The second-order valence-electron chi connectivity index (χ2n) is 6.05. The molecule has 0 aromatic heterocycles. The molecule has 1 rings (SSSR count). The summed E-state index contributed by atoms with van der Waals surface area (Å²) in [5.74, 6) is -0.304. The van der Waals surface area contributed by atoms with E-state index in [9.17, 15) is 9.90 Å². The molecule has 0 spiro atoms. The molecule has 0 aliphatic carbocycles. The van der Waals surface area contributed by atoms with Gasteiger partial charge in [-0.2, -0.15) is 0 Å². The lowest BCUT2D eigenvalue weighted by Crippen LogP contribution is -2.54. The molecule has 1 saturated heterocycles. The van der Waals surface area contributed by atoms with Crippen molar-refractivity contribution in [1.29, 1.82) is 0 Å². The summed E-state index contributed by atoms with van der Waals surface area (Å²) in [6.45, 7) is 10.8. The van der Waals surface area contributed by atoms with Crippen molar-refractivity contribution in [3.63, 3.8) is 0 Å². The first-order valence-electron chi connectivity index (χ1n) is 6.54. The zero-order valence-electron chi connectivity index (χ0n) is 11.5. The van der Waals surface area contributed by atoms with Gasteiger partial charge in [-0.3, -0.25) is 4.79 Å². The lowest BCUT2D eigenvalue weighted by atomic mass is 10.0. The zero-order valence-corrected chi connectivity index (χ0v) is 11.5. The molecular formula is C13H26N2O2. The number of aliphatic hydroxyl groups is 1. The Bertz CT molecular complexity index is 258. The molecule has 0 radical (unpaired) electrons. The third kappa shape index (κ3) is 4.64. The molecule has 1 aliphatic rings. The predicted octanol–water partition coefficient (Wildman–Crippen LogP) is 0.994. The Morgan fingerprint density at radius 2 is 1.88 bits per heavy atom. The van der Waals surface area contributed by atoms with E-state index in [1.165, 1.54) is 12.8 Å². The van der Waals surface area contributed by atoms with Crippen molar-refractivity contribution < 1.29 is 9.90 Å². The maximum atomic E-state index is 11.8. The van der Waals surface area contributed by atoms with Crippen molar-refractivity contribution in [3.05, 3.63) is 0 Å². The SMILES string of the molecule is CC(C)[C@@H](O)C(=O)NC(C)(C)CN1CCCC1. The lowest BCUT2D eigenvalue weighted by Gasteiger charge is -2.32. The predicted molar refractivity (Wildman–Crippen MR) is 68.7 cm³/mol. The summed E-state index contributed by atoms with van der Waals surface area (Å²) in [7, 11) is 0.